The minimum Gasteiger partial charge on any atom is -0.598 e. The Morgan fingerprint density at radius 2 is 1.89 bits per heavy atom. The molecule has 0 heterocycles. The molecule has 0 aromatic heterocycles. The van der Waals surface area contributed by atoms with Gasteiger partial charge >= 0.3 is 0 Å². The van der Waals surface area contributed by atoms with Crippen molar-refractivity contribution in [2.24, 2.45) is 0 Å². The topological polar surface area (TPSA) is 35.1 Å². The molecular weight excluding hydrogens is 266 g/mol. The van der Waals surface area contributed by atoms with Gasteiger partial charge < -0.3 is 4.55 Å². The molecule has 1 aromatic rings. The van der Waals surface area contributed by atoms with E-state index in [1.807, 2.05) is 39.0 Å². The van der Waals surface area contributed by atoms with Crippen LogP contribution in [0.25, 0.3) is 0 Å². The first-order chi connectivity index (χ1) is 8.45. The van der Waals surface area contributed by atoms with E-state index in [-0.39, 0.29) is 10.8 Å². The maximum Gasteiger partial charge on any atom is 0.136 e. The van der Waals surface area contributed by atoms with Crippen molar-refractivity contribution >= 4 is 23.0 Å². The van der Waals surface area contributed by atoms with Gasteiger partial charge in [-0.3, -0.25) is 0 Å². The summed E-state index contributed by atoms with van der Waals surface area (Å²) in [5.74, 6) is 0.632. The lowest BCUT2D eigenvalue weighted by Crippen LogP contribution is -2.41. The molecule has 1 N–H and O–H groups in total. The summed E-state index contributed by atoms with van der Waals surface area (Å²) in [5.41, 5.74) is 1.17. The van der Waals surface area contributed by atoms with Gasteiger partial charge in [-0.25, -0.2) is 0 Å². The summed E-state index contributed by atoms with van der Waals surface area (Å²) in [5, 5.41) is 0. The summed E-state index contributed by atoms with van der Waals surface area (Å²) < 4.78 is 15.1. The largest absolute Gasteiger partial charge is 0.598 e. The van der Waals surface area contributed by atoms with E-state index in [2.05, 4.69) is 16.9 Å². The highest BCUT2D eigenvalue weighted by Gasteiger charge is 2.29. The Bertz CT molecular complexity index is 339. The normalized spacial score (nSPS) is 15.4. The molecule has 0 radical (unpaired) electrons. The van der Waals surface area contributed by atoms with Gasteiger partial charge in [0.1, 0.15) is 4.75 Å². The van der Waals surface area contributed by atoms with Gasteiger partial charge in [-0.05, 0) is 39.2 Å². The van der Waals surface area contributed by atoms with Crippen LogP contribution in [0.5, 0.6) is 0 Å². The van der Waals surface area contributed by atoms with E-state index in [1.165, 1.54) is 5.56 Å². The standard InChI is InChI=1S/C14H22ClNOS/c1-14(2,3)18(17)16-13(10-7-11-15)12-8-5-4-6-9-12/h4-6,8-9,13,16H,7,10-11H2,1-3H3/t13-,18+/m1/s1. The molecule has 2 atom stereocenters. The highest BCUT2D eigenvalue weighted by atomic mass is 35.5. The molecule has 0 aliphatic rings. The first-order valence-electron chi connectivity index (χ1n) is 6.24. The molecule has 0 fully saturated rings. The average Bonchev–Trinajstić information content (AvgIpc) is 2.34. The average molecular weight is 288 g/mol. The van der Waals surface area contributed by atoms with Gasteiger partial charge in [0.2, 0.25) is 0 Å². The summed E-state index contributed by atoms with van der Waals surface area (Å²) in [4.78, 5) is 0. The van der Waals surface area contributed by atoms with Crippen molar-refractivity contribution in [2.75, 3.05) is 5.88 Å². The van der Waals surface area contributed by atoms with Gasteiger partial charge in [0.05, 0.1) is 6.04 Å². The summed E-state index contributed by atoms with van der Waals surface area (Å²) in [6.07, 6.45) is 1.81. The van der Waals surface area contributed by atoms with Crippen molar-refractivity contribution in [2.45, 2.75) is 44.4 Å². The van der Waals surface area contributed by atoms with Gasteiger partial charge in [-0.15, -0.1) is 16.3 Å². The van der Waals surface area contributed by atoms with Gasteiger partial charge in [-0.1, -0.05) is 30.3 Å². The van der Waals surface area contributed by atoms with Gasteiger partial charge in [0.25, 0.3) is 0 Å². The van der Waals surface area contributed by atoms with E-state index in [0.717, 1.165) is 12.8 Å². The van der Waals surface area contributed by atoms with Crippen LogP contribution in [0.2, 0.25) is 0 Å². The van der Waals surface area contributed by atoms with Crippen LogP contribution in [-0.4, -0.2) is 15.2 Å². The zero-order valence-electron chi connectivity index (χ0n) is 11.3. The summed E-state index contributed by atoms with van der Waals surface area (Å²) >= 11 is 4.69. The van der Waals surface area contributed by atoms with Crippen molar-refractivity contribution < 1.29 is 4.55 Å². The smallest absolute Gasteiger partial charge is 0.136 e. The molecule has 0 bridgehead atoms. The molecule has 1 rings (SSSR count). The quantitative estimate of drug-likeness (QED) is 0.638. The van der Waals surface area contributed by atoms with Crippen LogP contribution in [-0.2, 0) is 11.4 Å². The molecule has 0 unspecified atom stereocenters. The van der Waals surface area contributed by atoms with E-state index in [9.17, 15) is 4.55 Å². The fraction of sp³-hybridized carbons (Fsp3) is 0.571. The third-order valence-corrected chi connectivity index (χ3v) is 4.51. The van der Waals surface area contributed by atoms with Crippen LogP contribution in [0.4, 0.5) is 0 Å². The summed E-state index contributed by atoms with van der Waals surface area (Å²) in [7, 11) is 0. The Morgan fingerprint density at radius 1 is 1.28 bits per heavy atom. The minimum absolute atomic E-state index is 0.102. The molecule has 102 valence electrons. The predicted molar refractivity (Wildman–Crippen MR) is 80.2 cm³/mol. The molecule has 4 heteroatoms. The lowest BCUT2D eigenvalue weighted by atomic mass is 10.0. The fourth-order valence-corrected chi connectivity index (χ4v) is 2.59. The lowest BCUT2D eigenvalue weighted by Gasteiger charge is -2.28. The number of hydrogen-bond donors (Lipinski definition) is 1. The molecule has 0 spiro atoms. The lowest BCUT2D eigenvalue weighted by molar-refractivity contribution is 0.510. The number of rotatable bonds is 6. The molecule has 0 aliphatic heterocycles. The van der Waals surface area contributed by atoms with Crippen molar-refractivity contribution in [3.8, 4) is 0 Å². The van der Waals surface area contributed by atoms with Crippen molar-refractivity contribution in [1.82, 2.24) is 4.72 Å². The van der Waals surface area contributed by atoms with Crippen LogP contribution < -0.4 is 4.72 Å². The van der Waals surface area contributed by atoms with E-state index < -0.39 is 11.4 Å². The van der Waals surface area contributed by atoms with E-state index in [0.29, 0.717) is 5.88 Å². The monoisotopic (exact) mass is 287 g/mol. The Kier molecular flexibility index (Phi) is 6.50. The Morgan fingerprint density at radius 3 is 2.39 bits per heavy atom. The highest BCUT2D eigenvalue weighted by molar-refractivity contribution is 7.90. The van der Waals surface area contributed by atoms with Gasteiger partial charge in [-0.2, -0.15) is 0 Å². The molecule has 0 saturated carbocycles. The maximum atomic E-state index is 12.2. The van der Waals surface area contributed by atoms with Crippen LogP contribution in [0.15, 0.2) is 30.3 Å². The number of halogens is 1. The van der Waals surface area contributed by atoms with Crippen LogP contribution >= 0.6 is 11.6 Å². The first-order valence-corrected chi connectivity index (χ1v) is 7.92. The summed E-state index contributed by atoms with van der Waals surface area (Å²) in [6.45, 7) is 5.92. The van der Waals surface area contributed by atoms with Crippen LogP contribution in [0, 0.1) is 0 Å². The highest BCUT2D eigenvalue weighted by Crippen LogP contribution is 2.23. The number of benzene rings is 1. The van der Waals surface area contributed by atoms with Crippen molar-refractivity contribution in [1.29, 1.82) is 0 Å². The molecule has 2 nitrogen and oxygen atoms in total. The van der Waals surface area contributed by atoms with Crippen LogP contribution in [0.1, 0.15) is 45.2 Å². The maximum absolute atomic E-state index is 12.2. The van der Waals surface area contributed by atoms with E-state index in [1.54, 1.807) is 0 Å². The summed E-state index contributed by atoms with van der Waals surface area (Å²) in [6, 6.07) is 10.2. The number of alkyl halides is 1. The van der Waals surface area contributed by atoms with Crippen LogP contribution in [0.3, 0.4) is 0 Å². The molecule has 1 aromatic carbocycles. The Hall–Kier alpha value is -0.220. The second-order valence-electron chi connectivity index (χ2n) is 5.29. The third kappa shape index (κ3) is 5.19. The zero-order valence-corrected chi connectivity index (χ0v) is 12.9. The Labute approximate surface area is 118 Å². The third-order valence-electron chi connectivity index (χ3n) is 2.63. The molecule has 0 saturated heterocycles. The second kappa shape index (κ2) is 7.39. The molecule has 0 aliphatic carbocycles. The van der Waals surface area contributed by atoms with E-state index >= 15 is 0 Å². The van der Waals surface area contributed by atoms with Gasteiger partial charge in [0.15, 0.2) is 0 Å². The first kappa shape index (κ1) is 15.8. The molecule has 0 amide bonds. The Balaban J connectivity index is 2.73. The molecular formula is C14H22ClNOS. The minimum atomic E-state index is -1.06. The van der Waals surface area contributed by atoms with E-state index in [4.69, 9.17) is 11.6 Å². The number of nitrogens with one attached hydrogen (secondary N) is 1. The number of hydrogen-bond acceptors (Lipinski definition) is 2. The fourth-order valence-electron chi connectivity index (χ4n) is 1.57. The van der Waals surface area contributed by atoms with Gasteiger partial charge in [0, 0.05) is 17.2 Å². The second-order valence-corrected chi connectivity index (χ2v) is 7.67. The predicted octanol–water partition coefficient (Wildman–Crippen LogP) is 3.80. The van der Waals surface area contributed by atoms with Crippen molar-refractivity contribution in [3.63, 3.8) is 0 Å². The molecule has 18 heavy (non-hydrogen) atoms. The SMILES string of the molecule is CC(C)(C)[S@+]([O-])N[C@H](CCCCl)c1ccccc1. The zero-order chi connectivity index (χ0) is 13.6. The van der Waals surface area contributed by atoms with Crippen molar-refractivity contribution in [3.05, 3.63) is 35.9 Å².